The number of imidazole rings is 1. The van der Waals surface area contributed by atoms with Crippen molar-refractivity contribution in [1.29, 1.82) is 0 Å². The fourth-order valence-corrected chi connectivity index (χ4v) is 4.49. The van der Waals surface area contributed by atoms with Crippen LogP contribution < -0.4 is 0 Å². The number of carbonyl (C=O) groups is 1. The van der Waals surface area contributed by atoms with Gasteiger partial charge in [0.15, 0.2) is 0 Å². The third kappa shape index (κ3) is 3.89. The van der Waals surface area contributed by atoms with Crippen molar-refractivity contribution in [3.8, 4) is 11.3 Å². The van der Waals surface area contributed by atoms with Gasteiger partial charge >= 0.3 is 0 Å². The van der Waals surface area contributed by atoms with Gasteiger partial charge in [0, 0.05) is 24.6 Å². The first kappa shape index (κ1) is 19.0. The van der Waals surface area contributed by atoms with Crippen molar-refractivity contribution >= 4 is 5.91 Å². The first-order valence-corrected chi connectivity index (χ1v) is 10.8. The maximum absolute atomic E-state index is 13.1. The second kappa shape index (κ2) is 8.05. The molecule has 2 fully saturated rings. The molecule has 0 N–H and O–H groups in total. The Morgan fingerprint density at radius 2 is 1.93 bits per heavy atom. The summed E-state index contributed by atoms with van der Waals surface area (Å²) in [5, 5.41) is 0. The van der Waals surface area contributed by atoms with Gasteiger partial charge in [-0.05, 0) is 61.4 Å². The van der Waals surface area contributed by atoms with Gasteiger partial charge in [-0.2, -0.15) is 0 Å². The van der Waals surface area contributed by atoms with Gasteiger partial charge in [0.25, 0.3) is 0 Å². The molecule has 0 spiro atoms. The van der Waals surface area contributed by atoms with E-state index in [9.17, 15) is 9.18 Å². The highest BCUT2D eigenvalue weighted by Crippen LogP contribution is 2.39. The number of hydrogen-bond acceptors (Lipinski definition) is 2. The summed E-state index contributed by atoms with van der Waals surface area (Å²) in [5.41, 5.74) is 4.50. The van der Waals surface area contributed by atoms with E-state index in [1.54, 1.807) is 0 Å². The molecule has 1 amide bonds. The molecule has 1 aromatic heterocycles. The molecule has 4 nitrogen and oxygen atoms in total. The molecule has 1 saturated carbocycles. The van der Waals surface area contributed by atoms with Crippen LogP contribution in [0, 0.1) is 11.7 Å². The second-order valence-electron chi connectivity index (χ2n) is 8.44. The number of hydrogen-bond donors (Lipinski definition) is 0. The molecule has 154 valence electrons. The predicted molar refractivity (Wildman–Crippen MR) is 114 cm³/mol. The molecule has 1 aliphatic carbocycles. The van der Waals surface area contributed by atoms with Crippen molar-refractivity contribution in [1.82, 2.24) is 14.5 Å². The fourth-order valence-electron chi connectivity index (χ4n) is 4.49. The van der Waals surface area contributed by atoms with Crippen LogP contribution in [0.25, 0.3) is 11.3 Å². The van der Waals surface area contributed by atoms with Crippen LogP contribution in [0.4, 0.5) is 4.39 Å². The summed E-state index contributed by atoms with van der Waals surface area (Å²) in [6.07, 6.45) is 8.77. The monoisotopic (exact) mass is 403 g/mol. The average molecular weight is 404 g/mol. The summed E-state index contributed by atoms with van der Waals surface area (Å²) in [4.78, 5) is 19.2. The van der Waals surface area contributed by atoms with Crippen molar-refractivity contribution in [2.45, 2.75) is 44.7 Å². The molecule has 1 saturated heterocycles. The number of rotatable bonds is 6. The first-order valence-electron chi connectivity index (χ1n) is 10.8. The van der Waals surface area contributed by atoms with Crippen molar-refractivity contribution in [2.24, 2.45) is 5.92 Å². The summed E-state index contributed by atoms with van der Waals surface area (Å²) in [6, 6.07) is 15.4. The van der Waals surface area contributed by atoms with E-state index in [-0.39, 0.29) is 17.8 Å². The number of aryl methyl sites for hydroxylation is 2. The van der Waals surface area contributed by atoms with Crippen LogP contribution in [0.3, 0.4) is 0 Å². The molecule has 2 aromatic carbocycles. The number of nitrogens with zero attached hydrogens (tertiary/aromatic N) is 3. The molecule has 2 aliphatic rings. The van der Waals surface area contributed by atoms with Crippen molar-refractivity contribution < 1.29 is 9.18 Å². The Kier molecular flexibility index (Phi) is 5.11. The van der Waals surface area contributed by atoms with Crippen LogP contribution in [0.5, 0.6) is 0 Å². The highest BCUT2D eigenvalue weighted by atomic mass is 19.1. The molecule has 5 rings (SSSR count). The molecule has 2 heterocycles. The number of likely N-dealkylation sites (tertiary alicyclic amines) is 1. The number of aromatic nitrogens is 2. The van der Waals surface area contributed by atoms with E-state index >= 15 is 0 Å². The van der Waals surface area contributed by atoms with Crippen molar-refractivity contribution in [2.75, 3.05) is 6.54 Å². The maximum atomic E-state index is 13.1. The molecule has 0 bridgehead atoms. The Hall–Kier alpha value is -2.95. The van der Waals surface area contributed by atoms with Crippen molar-refractivity contribution in [3.05, 3.63) is 78.0 Å². The number of carbonyl (C=O) groups excluding carboxylic acids is 1. The van der Waals surface area contributed by atoms with Crippen LogP contribution in [-0.4, -0.2) is 26.9 Å². The lowest BCUT2D eigenvalue weighted by molar-refractivity contribution is -0.133. The molecule has 0 radical (unpaired) electrons. The third-order valence-corrected chi connectivity index (χ3v) is 6.30. The largest absolute Gasteiger partial charge is 0.335 e. The Balaban J connectivity index is 1.35. The summed E-state index contributed by atoms with van der Waals surface area (Å²) >= 11 is 0. The molecule has 30 heavy (non-hydrogen) atoms. The standard InChI is InChI=1S/C25H26FN3O/c26-22-10-6-18(7-11-22)12-14-28-17-27-16-24(28)21-4-1-3-20(15-21)23-5-2-13-29(23)25(30)19-8-9-19/h1,3-4,6-7,10-11,15-17,19,23H,2,5,8-9,12-14H2. The minimum absolute atomic E-state index is 0.189. The van der Waals surface area contributed by atoms with E-state index in [4.69, 9.17) is 0 Å². The predicted octanol–water partition coefficient (Wildman–Crippen LogP) is 5.01. The average Bonchev–Trinajstić information content (AvgIpc) is 3.31. The Morgan fingerprint density at radius 3 is 2.73 bits per heavy atom. The van der Waals surface area contributed by atoms with Crippen LogP contribution in [0.2, 0.25) is 0 Å². The number of halogens is 1. The van der Waals surface area contributed by atoms with Gasteiger partial charge in [0.1, 0.15) is 5.82 Å². The molecular weight excluding hydrogens is 377 g/mol. The van der Waals surface area contributed by atoms with E-state index in [1.807, 2.05) is 24.7 Å². The van der Waals surface area contributed by atoms with Gasteiger partial charge in [-0.15, -0.1) is 0 Å². The van der Waals surface area contributed by atoms with E-state index < -0.39 is 0 Å². The minimum atomic E-state index is -0.208. The second-order valence-corrected chi connectivity index (χ2v) is 8.44. The van der Waals surface area contributed by atoms with Gasteiger partial charge in [-0.3, -0.25) is 4.79 Å². The van der Waals surface area contributed by atoms with Crippen LogP contribution in [0.1, 0.15) is 42.9 Å². The molecular formula is C25H26FN3O. The Labute approximate surface area is 176 Å². The Morgan fingerprint density at radius 1 is 1.10 bits per heavy atom. The lowest BCUT2D eigenvalue weighted by Gasteiger charge is -2.25. The Bertz CT molecular complexity index is 1040. The highest BCUT2D eigenvalue weighted by molar-refractivity contribution is 5.81. The lowest BCUT2D eigenvalue weighted by atomic mass is 10.0. The molecule has 1 atom stereocenters. The summed E-state index contributed by atoms with van der Waals surface area (Å²) < 4.78 is 15.3. The molecule has 5 heteroatoms. The number of amides is 1. The van der Waals surface area contributed by atoms with E-state index in [1.165, 1.54) is 17.7 Å². The van der Waals surface area contributed by atoms with Gasteiger partial charge in [-0.25, -0.2) is 9.37 Å². The zero-order valence-electron chi connectivity index (χ0n) is 17.0. The highest BCUT2D eigenvalue weighted by Gasteiger charge is 2.38. The van der Waals surface area contributed by atoms with Gasteiger partial charge in [0.2, 0.25) is 5.91 Å². The van der Waals surface area contributed by atoms with Gasteiger partial charge in [0.05, 0.1) is 24.3 Å². The maximum Gasteiger partial charge on any atom is 0.226 e. The van der Waals surface area contributed by atoms with Gasteiger partial charge < -0.3 is 9.47 Å². The van der Waals surface area contributed by atoms with Gasteiger partial charge in [-0.1, -0.05) is 30.3 Å². The molecule has 3 aromatic rings. The quantitative estimate of drug-likeness (QED) is 0.581. The summed E-state index contributed by atoms with van der Waals surface area (Å²) in [7, 11) is 0. The molecule has 1 unspecified atom stereocenters. The van der Waals surface area contributed by atoms with E-state index in [0.717, 1.165) is 62.0 Å². The summed E-state index contributed by atoms with van der Waals surface area (Å²) in [5.74, 6) is 0.397. The van der Waals surface area contributed by atoms with Crippen LogP contribution >= 0.6 is 0 Å². The topological polar surface area (TPSA) is 38.1 Å². The lowest BCUT2D eigenvalue weighted by Crippen LogP contribution is -2.31. The zero-order chi connectivity index (χ0) is 20.5. The smallest absolute Gasteiger partial charge is 0.226 e. The SMILES string of the molecule is O=C(C1CC1)N1CCCC1c1cccc(-c2cncn2CCc2ccc(F)cc2)c1. The number of benzene rings is 2. The van der Waals surface area contributed by atoms with E-state index in [0.29, 0.717) is 5.91 Å². The third-order valence-electron chi connectivity index (χ3n) is 6.30. The fraction of sp³-hybridized carbons (Fsp3) is 0.360. The summed E-state index contributed by atoms with van der Waals surface area (Å²) in [6.45, 7) is 1.65. The normalized spacial score (nSPS) is 18.7. The first-order chi connectivity index (χ1) is 14.7. The zero-order valence-corrected chi connectivity index (χ0v) is 17.0. The van der Waals surface area contributed by atoms with Crippen LogP contribution in [0.15, 0.2) is 61.1 Å². The van der Waals surface area contributed by atoms with Crippen LogP contribution in [-0.2, 0) is 17.8 Å². The van der Waals surface area contributed by atoms with Crippen molar-refractivity contribution in [3.63, 3.8) is 0 Å². The minimum Gasteiger partial charge on any atom is -0.335 e. The molecule has 1 aliphatic heterocycles. The van der Waals surface area contributed by atoms with E-state index in [2.05, 4.69) is 38.7 Å².